The molecule has 179 valence electrons. The van der Waals surface area contributed by atoms with Crippen LogP contribution in [0.2, 0.25) is 0 Å². The van der Waals surface area contributed by atoms with Crippen molar-refractivity contribution in [2.24, 2.45) is 0 Å². The molecule has 0 unspecified atom stereocenters. The molecule has 0 bridgehead atoms. The normalized spacial score (nSPS) is 10.5. The van der Waals surface area contributed by atoms with E-state index in [0.717, 1.165) is 28.2 Å². The van der Waals surface area contributed by atoms with Crippen LogP contribution >= 0.6 is 0 Å². The Morgan fingerprint density at radius 3 is 1.83 bits per heavy atom. The van der Waals surface area contributed by atoms with E-state index in [1.54, 1.807) is 12.1 Å². The Balaban J connectivity index is 0.00000304. The van der Waals surface area contributed by atoms with Gasteiger partial charge in [0.05, 0.1) is 18.1 Å². The third kappa shape index (κ3) is 4.44. The van der Waals surface area contributed by atoms with E-state index in [9.17, 15) is 0 Å². The maximum Gasteiger partial charge on any atom is 0.109 e. The van der Waals surface area contributed by atoms with E-state index >= 15 is 0 Å². The number of aromatic nitrogens is 2. The Morgan fingerprint density at radius 1 is 0.778 bits per heavy atom. The van der Waals surface area contributed by atoms with Gasteiger partial charge < -0.3 is 4.57 Å². The maximum atomic E-state index is 7.45. The second kappa shape index (κ2) is 10.5. The van der Waals surface area contributed by atoms with Crippen molar-refractivity contribution in [1.29, 1.82) is 0 Å². The molecule has 1 heterocycles. The molecule has 0 aliphatic carbocycles. The zero-order valence-corrected chi connectivity index (χ0v) is 23.2. The summed E-state index contributed by atoms with van der Waals surface area (Å²) in [4.78, 5) is 8.34. The summed E-state index contributed by atoms with van der Waals surface area (Å²) in [6, 6.07) is 28.1. The quantitative estimate of drug-likeness (QED) is 0.180. The summed E-state index contributed by atoms with van der Waals surface area (Å²) in [6.45, 7) is 16.1. The van der Waals surface area contributed by atoms with E-state index in [0.29, 0.717) is 5.69 Å². The number of hydrogen-bond acceptors (Lipinski definition) is 1. The van der Waals surface area contributed by atoms with Gasteiger partial charge in [-0.2, -0.15) is 6.07 Å². The number of benzene rings is 4. The minimum Gasteiger partial charge on any atom is -0.339 e. The van der Waals surface area contributed by atoms with Crippen molar-refractivity contribution in [3.63, 3.8) is 0 Å². The molecule has 0 N–H and O–H groups in total. The van der Waals surface area contributed by atoms with Crippen LogP contribution in [-0.4, -0.2) is 9.55 Å². The summed E-state index contributed by atoms with van der Waals surface area (Å²) < 4.78 is 2.15. The molecular formula is C32H26IrN3-. The molecule has 36 heavy (non-hydrogen) atoms. The first kappa shape index (κ1) is 25.3. The molecule has 4 heteroatoms. The first-order chi connectivity index (χ1) is 17.0. The van der Waals surface area contributed by atoms with Crippen molar-refractivity contribution in [3.05, 3.63) is 125 Å². The van der Waals surface area contributed by atoms with Gasteiger partial charge in [-0.15, -0.1) is 23.8 Å². The van der Waals surface area contributed by atoms with Crippen LogP contribution in [0.25, 0.3) is 44.2 Å². The molecule has 4 aromatic carbocycles. The molecule has 0 atom stereocenters. The van der Waals surface area contributed by atoms with Crippen LogP contribution in [0.15, 0.2) is 85.2 Å². The van der Waals surface area contributed by atoms with Crippen molar-refractivity contribution >= 4 is 5.69 Å². The monoisotopic (exact) mass is 645 g/mol. The maximum absolute atomic E-state index is 7.45. The van der Waals surface area contributed by atoms with Crippen LogP contribution in [-0.2, 0) is 20.1 Å². The number of nitrogens with zero attached hydrogens (tertiary/aromatic N) is 3. The average molecular weight is 645 g/mol. The minimum absolute atomic E-state index is 0. The number of hydrogen-bond donors (Lipinski definition) is 0. The average Bonchev–Trinajstić information content (AvgIpc) is 3.34. The predicted octanol–water partition coefficient (Wildman–Crippen LogP) is 8.46. The smallest absolute Gasteiger partial charge is 0.109 e. The number of aryl methyl sites for hydroxylation is 4. The molecule has 0 spiro atoms. The predicted molar refractivity (Wildman–Crippen MR) is 144 cm³/mol. The standard InChI is InChI=1S/C32H26N3.Ir/c1-21-10-6-11-22(2)29(21)27-16-9-17-28(30-23(3)12-7-13-24(30)4)31(27)35-19-18-34-32(35)25-14-8-15-26(20-25)33-5;/h6-13,15-20H,1-4H3;/q-1;. The van der Waals surface area contributed by atoms with E-state index in [1.165, 1.54) is 33.4 Å². The SMILES string of the molecule is [C-]#[N+]c1cc[c-]c(-c2nccn2-c2c(-c3c(C)cccc3C)cccc2-c2c(C)cccc2C)c1.[Ir]. The molecule has 0 aliphatic heterocycles. The fraction of sp³-hybridized carbons (Fsp3) is 0.125. The van der Waals surface area contributed by atoms with Gasteiger partial charge in [-0.25, -0.2) is 0 Å². The van der Waals surface area contributed by atoms with Gasteiger partial charge in [0.2, 0.25) is 0 Å². The van der Waals surface area contributed by atoms with Crippen LogP contribution in [0.5, 0.6) is 0 Å². The minimum atomic E-state index is 0. The van der Waals surface area contributed by atoms with E-state index in [2.05, 4.69) is 97.8 Å². The molecular weight excluding hydrogens is 619 g/mol. The van der Waals surface area contributed by atoms with Gasteiger partial charge in [0.15, 0.2) is 0 Å². The topological polar surface area (TPSA) is 22.2 Å². The Kier molecular flexibility index (Phi) is 7.36. The summed E-state index contributed by atoms with van der Waals surface area (Å²) in [6.07, 6.45) is 3.83. The van der Waals surface area contributed by atoms with Crippen LogP contribution < -0.4 is 0 Å². The van der Waals surface area contributed by atoms with Crippen LogP contribution in [0.1, 0.15) is 22.3 Å². The summed E-state index contributed by atoms with van der Waals surface area (Å²) in [5.41, 5.74) is 12.1. The second-order valence-corrected chi connectivity index (χ2v) is 8.93. The van der Waals surface area contributed by atoms with Crippen LogP contribution in [0, 0.1) is 40.3 Å². The van der Waals surface area contributed by atoms with Crippen LogP contribution in [0.3, 0.4) is 0 Å². The number of imidazole rings is 1. The van der Waals surface area contributed by atoms with Crippen molar-refractivity contribution < 1.29 is 20.1 Å². The molecule has 1 radical (unpaired) electrons. The number of rotatable bonds is 4. The molecule has 5 aromatic rings. The third-order valence-electron chi connectivity index (χ3n) is 6.57. The van der Waals surface area contributed by atoms with Gasteiger partial charge in [0, 0.05) is 43.6 Å². The first-order valence-corrected chi connectivity index (χ1v) is 11.7. The largest absolute Gasteiger partial charge is 0.339 e. The Bertz CT molecular complexity index is 1490. The van der Waals surface area contributed by atoms with E-state index in [1.807, 2.05) is 18.5 Å². The van der Waals surface area contributed by atoms with E-state index < -0.39 is 0 Å². The zero-order valence-electron chi connectivity index (χ0n) is 20.8. The molecule has 0 amide bonds. The third-order valence-corrected chi connectivity index (χ3v) is 6.57. The van der Waals surface area contributed by atoms with Gasteiger partial charge in [-0.1, -0.05) is 54.6 Å². The Morgan fingerprint density at radius 2 is 1.31 bits per heavy atom. The molecule has 0 aliphatic rings. The molecule has 5 rings (SSSR count). The molecule has 1 aromatic heterocycles. The van der Waals surface area contributed by atoms with Gasteiger partial charge in [-0.3, -0.25) is 9.83 Å². The summed E-state index contributed by atoms with van der Waals surface area (Å²) >= 11 is 0. The first-order valence-electron chi connectivity index (χ1n) is 11.7. The molecule has 0 saturated heterocycles. The van der Waals surface area contributed by atoms with Crippen molar-refractivity contribution in [2.45, 2.75) is 27.7 Å². The molecule has 0 fully saturated rings. The molecule has 3 nitrogen and oxygen atoms in total. The molecule has 0 saturated carbocycles. The van der Waals surface area contributed by atoms with Crippen molar-refractivity contribution in [2.75, 3.05) is 0 Å². The van der Waals surface area contributed by atoms with Gasteiger partial charge in [-0.05, 0) is 61.1 Å². The van der Waals surface area contributed by atoms with Crippen LogP contribution in [0.4, 0.5) is 5.69 Å². The summed E-state index contributed by atoms with van der Waals surface area (Å²) in [5.74, 6) is 0.765. The second-order valence-electron chi connectivity index (χ2n) is 8.93. The summed E-state index contributed by atoms with van der Waals surface area (Å²) in [5, 5.41) is 0. The van der Waals surface area contributed by atoms with Crippen molar-refractivity contribution in [3.8, 4) is 39.3 Å². The fourth-order valence-electron chi connectivity index (χ4n) is 5.02. The Hall–Kier alpha value is -3.77. The Labute approximate surface area is 226 Å². The van der Waals surface area contributed by atoms with E-state index in [-0.39, 0.29) is 20.1 Å². The fourth-order valence-corrected chi connectivity index (χ4v) is 5.02. The van der Waals surface area contributed by atoms with Gasteiger partial charge in [0.1, 0.15) is 5.69 Å². The van der Waals surface area contributed by atoms with E-state index in [4.69, 9.17) is 11.6 Å². The van der Waals surface area contributed by atoms with Gasteiger partial charge >= 0.3 is 0 Å². The van der Waals surface area contributed by atoms with Gasteiger partial charge in [0.25, 0.3) is 0 Å². The summed E-state index contributed by atoms with van der Waals surface area (Å²) in [7, 11) is 0. The zero-order chi connectivity index (χ0) is 24.5. The number of para-hydroxylation sites is 1. The van der Waals surface area contributed by atoms with Crippen molar-refractivity contribution in [1.82, 2.24) is 9.55 Å².